The topological polar surface area (TPSA) is 54.0 Å². The number of halogens is 3. The molecule has 0 N–H and O–H groups in total. The average molecular weight is 517 g/mol. The van der Waals surface area contributed by atoms with E-state index in [1.807, 2.05) is 31.2 Å². The van der Waals surface area contributed by atoms with Gasteiger partial charge in [-0.1, -0.05) is 45.0 Å². The summed E-state index contributed by atoms with van der Waals surface area (Å²) < 4.78 is 60.6. The Kier molecular flexibility index (Phi) is 8.73. The summed E-state index contributed by atoms with van der Waals surface area (Å²) in [5.74, 6) is 0.722. The third-order valence-electron chi connectivity index (χ3n) is 5.58. The maximum absolute atomic E-state index is 12.8. The van der Waals surface area contributed by atoms with Crippen molar-refractivity contribution in [1.82, 2.24) is 0 Å². The summed E-state index contributed by atoms with van der Waals surface area (Å²) in [6, 6.07) is 18.7. The van der Waals surface area contributed by atoms with E-state index in [2.05, 4.69) is 20.8 Å². The Morgan fingerprint density at radius 2 is 1.24 bits per heavy atom. The van der Waals surface area contributed by atoms with Crippen LogP contribution in [0.3, 0.4) is 0 Å². The molecule has 3 aromatic carbocycles. The molecule has 2 atom stereocenters. The van der Waals surface area contributed by atoms with Crippen molar-refractivity contribution in [3.63, 3.8) is 0 Å². The van der Waals surface area contributed by atoms with Gasteiger partial charge in [0.25, 0.3) is 0 Å². The number of hydrogen-bond acceptors (Lipinski definition) is 5. The molecule has 0 amide bonds. The van der Waals surface area contributed by atoms with Crippen molar-refractivity contribution < 1.29 is 36.9 Å². The number of alkyl halides is 3. The van der Waals surface area contributed by atoms with E-state index in [4.69, 9.17) is 18.9 Å². The van der Waals surface area contributed by atoms with Crippen molar-refractivity contribution >= 4 is 5.97 Å². The Morgan fingerprint density at radius 3 is 1.73 bits per heavy atom. The second-order valence-electron chi connectivity index (χ2n) is 9.63. The zero-order valence-corrected chi connectivity index (χ0v) is 21.5. The van der Waals surface area contributed by atoms with Crippen molar-refractivity contribution in [1.29, 1.82) is 0 Å². The van der Waals surface area contributed by atoms with E-state index in [1.165, 1.54) is 12.7 Å². The van der Waals surface area contributed by atoms with Gasteiger partial charge in [-0.3, -0.25) is 0 Å². The van der Waals surface area contributed by atoms with E-state index < -0.39 is 23.8 Å². The molecular weight excluding hydrogens is 485 g/mol. The minimum Gasteiger partial charge on any atom is -0.490 e. The first kappa shape index (κ1) is 27.9. The Hall–Kier alpha value is -3.68. The highest BCUT2D eigenvalue weighted by Gasteiger charge is 2.30. The minimum absolute atomic E-state index is 0.0646. The number of carbonyl (C=O) groups excluding carboxylic acids is 1. The van der Waals surface area contributed by atoms with Crippen molar-refractivity contribution in [3.8, 4) is 17.2 Å². The summed E-state index contributed by atoms with van der Waals surface area (Å²) in [7, 11) is 1.21. The van der Waals surface area contributed by atoms with Crippen LogP contribution in [0.5, 0.6) is 17.2 Å². The van der Waals surface area contributed by atoms with E-state index >= 15 is 0 Å². The number of carbonyl (C=O) groups is 1. The van der Waals surface area contributed by atoms with Gasteiger partial charge in [-0.15, -0.1) is 0 Å². The van der Waals surface area contributed by atoms with Gasteiger partial charge >= 0.3 is 12.1 Å². The summed E-state index contributed by atoms with van der Waals surface area (Å²) in [6.45, 7) is 8.65. The minimum atomic E-state index is -4.46. The first-order chi connectivity index (χ1) is 17.4. The number of hydrogen-bond donors (Lipinski definition) is 0. The molecule has 0 saturated heterocycles. The SMILES string of the molecule is COC(=O)C(Oc1ccc(C(F)(F)F)cc1)c1ccc(OCC(C)Oc2ccc(C(C)(C)C)cc2)cc1. The molecule has 0 radical (unpaired) electrons. The quantitative estimate of drug-likeness (QED) is 0.283. The summed E-state index contributed by atoms with van der Waals surface area (Å²) in [4.78, 5) is 12.3. The third-order valence-corrected chi connectivity index (χ3v) is 5.58. The fourth-order valence-electron chi connectivity index (χ4n) is 3.47. The van der Waals surface area contributed by atoms with Crippen LogP contribution in [0, 0.1) is 0 Å². The zero-order chi connectivity index (χ0) is 27.2. The molecule has 3 rings (SSSR count). The molecule has 0 spiro atoms. The lowest BCUT2D eigenvalue weighted by Gasteiger charge is -2.20. The van der Waals surface area contributed by atoms with Crippen LogP contribution in [0.4, 0.5) is 13.2 Å². The Balaban J connectivity index is 1.60. The van der Waals surface area contributed by atoms with Crippen LogP contribution in [0.1, 0.15) is 50.5 Å². The second-order valence-corrected chi connectivity index (χ2v) is 9.63. The summed E-state index contributed by atoms with van der Waals surface area (Å²) >= 11 is 0. The lowest BCUT2D eigenvalue weighted by molar-refractivity contribution is -0.149. The normalized spacial score (nSPS) is 13.4. The predicted molar refractivity (Wildman–Crippen MR) is 134 cm³/mol. The van der Waals surface area contributed by atoms with Crippen LogP contribution in [0.2, 0.25) is 0 Å². The van der Waals surface area contributed by atoms with E-state index in [0.29, 0.717) is 17.9 Å². The second kappa shape index (κ2) is 11.6. The molecule has 0 bridgehead atoms. The van der Waals surface area contributed by atoms with Gasteiger partial charge in [-0.05, 0) is 66.4 Å². The largest absolute Gasteiger partial charge is 0.490 e. The average Bonchev–Trinajstić information content (AvgIpc) is 2.85. The van der Waals surface area contributed by atoms with Crippen LogP contribution in [-0.2, 0) is 21.1 Å². The van der Waals surface area contributed by atoms with Crippen LogP contribution in [-0.4, -0.2) is 25.8 Å². The fourth-order valence-corrected chi connectivity index (χ4v) is 3.47. The first-order valence-corrected chi connectivity index (χ1v) is 11.8. The molecule has 37 heavy (non-hydrogen) atoms. The number of rotatable bonds is 9. The van der Waals surface area contributed by atoms with E-state index in [0.717, 1.165) is 30.0 Å². The molecular formula is C29H31F3O5. The van der Waals surface area contributed by atoms with Gasteiger partial charge < -0.3 is 18.9 Å². The third kappa shape index (κ3) is 7.90. The van der Waals surface area contributed by atoms with Gasteiger partial charge in [0.1, 0.15) is 30.0 Å². The Bertz CT molecular complexity index is 1150. The predicted octanol–water partition coefficient (Wildman–Crippen LogP) is 7.14. The van der Waals surface area contributed by atoms with Crippen LogP contribution in [0.15, 0.2) is 72.8 Å². The molecule has 0 saturated carbocycles. The van der Waals surface area contributed by atoms with E-state index in [1.54, 1.807) is 24.3 Å². The van der Waals surface area contributed by atoms with E-state index in [9.17, 15) is 18.0 Å². The standard InChI is InChI=1S/C29H31F3O5/c1-19(36-24-14-8-21(9-15-24)28(2,3)4)18-35-23-12-6-20(7-13-23)26(27(33)34-5)37-25-16-10-22(11-17-25)29(30,31)32/h6-17,19,26H,18H2,1-5H3. The van der Waals surface area contributed by atoms with Crippen molar-refractivity contribution in [2.45, 2.75) is 51.5 Å². The number of benzene rings is 3. The van der Waals surface area contributed by atoms with Gasteiger partial charge in [-0.25, -0.2) is 4.79 Å². The van der Waals surface area contributed by atoms with Gasteiger partial charge in [0.2, 0.25) is 6.10 Å². The highest BCUT2D eigenvalue weighted by molar-refractivity contribution is 5.77. The lowest BCUT2D eigenvalue weighted by Crippen LogP contribution is -2.21. The van der Waals surface area contributed by atoms with Crippen molar-refractivity contribution in [3.05, 3.63) is 89.5 Å². The summed E-state index contributed by atoms with van der Waals surface area (Å²) in [5.41, 5.74) is 0.935. The van der Waals surface area contributed by atoms with E-state index in [-0.39, 0.29) is 17.3 Å². The van der Waals surface area contributed by atoms with Crippen molar-refractivity contribution in [2.75, 3.05) is 13.7 Å². The highest BCUT2D eigenvalue weighted by Crippen LogP contribution is 2.32. The summed E-state index contributed by atoms with van der Waals surface area (Å²) in [6.07, 6.45) is -5.84. The number of methoxy groups -OCH3 is 1. The maximum Gasteiger partial charge on any atom is 0.416 e. The lowest BCUT2D eigenvalue weighted by atomic mass is 9.87. The van der Waals surface area contributed by atoms with Gasteiger partial charge in [0, 0.05) is 5.56 Å². The van der Waals surface area contributed by atoms with Crippen LogP contribution < -0.4 is 14.2 Å². The zero-order valence-electron chi connectivity index (χ0n) is 21.5. The highest BCUT2D eigenvalue weighted by atomic mass is 19.4. The molecule has 2 unspecified atom stereocenters. The number of ether oxygens (including phenoxy) is 4. The smallest absolute Gasteiger partial charge is 0.416 e. The Labute approximate surface area is 215 Å². The van der Waals surface area contributed by atoms with Gasteiger partial charge in [0.15, 0.2) is 0 Å². The maximum atomic E-state index is 12.8. The van der Waals surface area contributed by atoms with Crippen molar-refractivity contribution in [2.24, 2.45) is 0 Å². The molecule has 0 aromatic heterocycles. The molecule has 8 heteroatoms. The molecule has 0 aliphatic carbocycles. The first-order valence-electron chi connectivity index (χ1n) is 11.8. The van der Waals surface area contributed by atoms with Gasteiger partial charge in [0.05, 0.1) is 12.7 Å². The molecule has 198 valence electrons. The van der Waals surface area contributed by atoms with Crippen LogP contribution >= 0.6 is 0 Å². The number of esters is 1. The molecule has 0 aliphatic heterocycles. The molecule has 0 aliphatic rings. The Morgan fingerprint density at radius 1 is 0.757 bits per heavy atom. The van der Waals surface area contributed by atoms with Gasteiger partial charge in [-0.2, -0.15) is 13.2 Å². The van der Waals surface area contributed by atoms with Crippen LogP contribution in [0.25, 0.3) is 0 Å². The molecule has 5 nitrogen and oxygen atoms in total. The molecule has 0 heterocycles. The monoisotopic (exact) mass is 516 g/mol. The fraction of sp³-hybridized carbons (Fsp3) is 0.345. The molecule has 0 fully saturated rings. The summed E-state index contributed by atoms with van der Waals surface area (Å²) in [5, 5.41) is 0. The molecule has 3 aromatic rings.